The number of amides is 2. The number of urea groups is 1. The number of carbonyl (C=O) groups excluding carboxylic acids is 1. The molecule has 9 heteroatoms. The first-order valence-electron chi connectivity index (χ1n) is 11.8. The summed E-state index contributed by atoms with van der Waals surface area (Å²) in [6, 6.07) is 17.4. The summed E-state index contributed by atoms with van der Waals surface area (Å²) in [5.41, 5.74) is 4.01. The third-order valence-electron chi connectivity index (χ3n) is 5.75. The summed E-state index contributed by atoms with van der Waals surface area (Å²) in [6.45, 7) is 6.43. The van der Waals surface area contributed by atoms with Crippen LogP contribution in [0.3, 0.4) is 0 Å². The van der Waals surface area contributed by atoms with Crippen molar-refractivity contribution in [3.63, 3.8) is 0 Å². The molecule has 2 aromatic heterocycles. The van der Waals surface area contributed by atoms with Gasteiger partial charge in [0.1, 0.15) is 11.3 Å². The van der Waals surface area contributed by atoms with Crippen LogP contribution >= 0.6 is 0 Å². The Morgan fingerprint density at radius 1 is 1.08 bits per heavy atom. The van der Waals surface area contributed by atoms with Gasteiger partial charge < -0.3 is 9.88 Å². The lowest BCUT2D eigenvalue weighted by atomic mass is 10.0. The van der Waals surface area contributed by atoms with Crippen LogP contribution in [0, 0.1) is 0 Å². The maximum Gasteiger partial charge on any atom is 0.328 e. The van der Waals surface area contributed by atoms with Crippen molar-refractivity contribution >= 4 is 27.2 Å². The molecule has 8 nitrogen and oxygen atoms in total. The summed E-state index contributed by atoms with van der Waals surface area (Å²) in [5, 5.41) is 2.42. The fourth-order valence-corrected chi connectivity index (χ4v) is 5.15. The number of sulfonamides is 1. The van der Waals surface area contributed by atoms with Gasteiger partial charge in [-0.1, -0.05) is 61.9 Å². The van der Waals surface area contributed by atoms with Crippen LogP contribution in [0.25, 0.3) is 22.3 Å². The maximum absolute atomic E-state index is 12.9. The topological polar surface area (TPSA) is 106 Å². The molecule has 4 rings (SSSR count). The van der Waals surface area contributed by atoms with Crippen LogP contribution in [-0.4, -0.2) is 35.5 Å². The van der Waals surface area contributed by atoms with Crippen LogP contribution in [0.4, 0.5) is 4.79 Å². The molecule has 0 aliphatic rings. The minimum atomic E-state index is -4.08. The number of aromatic nitrogens is 3. The van der Waals surface area contributed by atoms with E-state index in [1.807, 2.05) is 36.4 Å². The molecule has 0 spiro atoms. The second-order valence-corrected chi connectivity index (χ2v) is 10.0. The Morgan fingerprint density at radius 3 is 2.61 bits per heavy atom. The fraction of sp³-hybridized carbons (Fsp3) is 0.222. The number of unbranched alkanes of at least 4 members (excludes halogenated alkanes) is 1. The molecule has 0 atom stereocenters. The van der Waals surface area contributed by atoms with Gasteiger partial charge in [0, 0.05) is 24.7 Å². The van der Waals surface area contributed by atoms with Gasteiger partial charge in [-0.25, -0.2) is 27.9 Å². The third-order valence-corrected chi connectivity index (χ3v) is 7.14. The highest BCUT2D eigenvalue weighted by atomic mass is 32.2. The predicted molar refractivity (Wildman–Crippen MR) is 141 cm³/mol. The number of pyridine rings is 1. The van der Waals surface area contributed by atoms with Crippen molar-refractivity contribution in [1.29, 1.82) is 0 Å². The highest BCUT2D eigenvalue weighted by Gasteiger charge is 2.21. The van der Waals surface area contributed by atoms with E-state index in [4.69, 9.17) is 4.98 Å². The SMILES string of the molecule is C=CCNC(=O)NS(=O)(=O)c1ccccc1-c1ccc(Cn2c(CCCC)nc3cccnc32)cc1. The number of rotatable bonds is 10. The Bertz CT molecular complexity index is 1480. The van der Waals surface area contributed by atoms with Crippen LogP contribution in [0.15, 0.2) is 84.4 Å². The molecule has 0 aliphatic heterocycles. The molecular weight excluding hydrogens is 474 g/mol. The van der Waals surface area contributed by atoms with Crippen LogP contribution < -0.4 is 10.0 Å². The molecule has 2 amide bonds. The van der Waals surface area contributed by atoms with Gasteiger partial charge in [-0.15, -0.1) is 6.58 Å². The minimum absolute atomic E-state index is 0.0261. The second kappa shape index (κ2) is 11.2. The van der Waals surface area contributed by atoms with Crippen molar-refractivity contribution in [2.75, 3.05) is 6.54 Å². The highest BCUT2D eigenvalue weighted by Crippen LogP contribution is 2.28. The van der Waals surface area contributed by atoms with E-state index in [2.05, 4.69) is 33.1 Å². The number of imidazole rings is 1. The van der Waals surface area contributed by atoms with Crippen molar-refractivity contribution in [3.05, 3.63) is 90.9 Å². The summed E-state index contributed by atoms with van der Waals surface area (Å²) in [6.07, 6.45) is 6.25. The molecular formula is C27H29N5O3S. The van der Waals surface area contributed by atoms with Gasteiger partial charge in [0.05, 0.1) is 11.4 Å². The Labute approximate surface area is 211 Å². The van der Waals surface area contributed by atoms with E-state index in [0.717, 1.165) is 47.4 Å². The van der Waals surface area contributed by atoms with Crippen molar-refractivity contribution in [2.45, 2.75) is 37.6 Å². The zero-order valence-corrected chi connectivity index (χ0v) is 21.0. The Hall–Kier alpha value is -3.98. The summed E-state index contributed by atoms with van der Waals surface area (Å²) in [4.78, 5) is 21.3. The van der Waals surface area contributed by atoms with Crippen molar-refractivity contribution in [1.82, 2.24) is 24.6 Å². The van der Waals surface area contributed by atoms with E-state index in [0.29, 0.717) is 12.1 Å². The van der Waals surface area contributed by atoms with E-state index in [-0.39, 0.29) is 11.4 Å². The lowest BCUT2D eigenvalue weighted by Gasteiger charge is -2.13. The van der Waals surface area contributed by atoms with E-state index in [1.54, 1.807) is 24.4 Å². The Balaban J connectivity index is 1.61. The van der Waals surface area contributed by atoms with Crippen molar-refractivity contribution in [2.24, 2.45) is 0 Å². The molecule has 2 aromatic carbocycles. The first kappa shape index (κ1) is 25.1. The fourth-order valence-electron chi connectivity index (χ4n) is 3.99. The molecule has 2 heterocycles. The normalized spacial score (nSPS) is 11.4. The molecule has 0 fully saturated rings. The van der Waals surface area contributed by atoms with Crippen molar-refractivity contribution < 1.29 is 13.2 Å². The van der Waals surface area contributed by atoms with E-state index in [9.17, 15) is 13.2 Å². The molecule has 36 heavy (non-hydrogen) atoms. The lowest BCUT2D eigenvalue weighted by Crippen LogP contribution is -2.39. The number of fused-ring (bicyclic) bond motifs is 1. The van der Waals surface area contributed by atoms with E-state index in [1.165, 1.54) is 12.1 Å². The highest BCUT2D eigenvalue weighted by molar-refractivity contribution is 7.90. The summed E-state index contributed by atoms with van der Waals surface area (Å²) in [7, 11) is -4.08. The molecule has 0 saturated carbocycles. The molecule has 0 bridgehead atoms. The zero-order chi connectivity index (χ0) is 25.5. The third kappa shape index (κ3) is 5.63. The molecule has 0 radical (unpaired) electrons. The molecule has 186 valence electrons. The monoisotopic (exact) mass is 503 g/mol. The van der Waals surface area contributed by atoms with Gasteiger partial charge in [0.15, 0.2) is 5.65 Å². The average molecular weight is 504 g/mol. The predicted octanol–water partition coefficient (Wildman–Crippen LogP) is 4.66. The first-order valence-corrected chi connectivity index (χ1v) is 13.3. The number of aryl methyl sites for hydroxylation is 1. The van der Waals surface area contributed by atoms with Crippen LogP contribution in [0.2, 0.25) is 0 Å². The van der Waals surface area contributed by atoms with Crippen molar-refractivity contribution in [3.8, 4) is 11.1 Å². The Kier molecular flexibility index (Phi) is 7.80. The van der Waals surface area contributed by atoms with Gasteiger partial charge in [0.25, 0.3) is 10.0 Å². The number of hydrogen-bond donors (Lipinski definition) is 2. The van der Waals surface area contributed by atoms with E-state index < -0.39 is 16.1 Å². The number of carbonyl (C=O) groups is 1. The van der Waals surface area contributed by atoms with Gasteiger partial charge in [-0.2, -0.15) is 0 Å². The average Bonchev–Trinajstić information content (AvgIpc) is 3.23. The number of nitrogens with one attached hydrogen (secondary N) is 2. The summed E-state index contributed by atoms with van der Waals surface area (Å²) >= 11 is 0. The van der Waals surface area contributed by atoms with Gasteiger partial charge >= 0.3 is 6.03 Å². The molecule has 0 saturated heterocycles. The second-order valence-electron chi connectivity index (χ2n) is 8.36. The van der Waals surface area contributed by atoms with Crippen LogP contribution in [-0.2, 0) is 23.0 Å². The first-order chi connectivity index (χ1) is 17.4. The smallest absolute Gasteiger partial charge is 0.328 e. The number of benzene rings is 2. The number of nitrogens with zero attached hydrogens (tertiary/aromatic N) is 3. The lowest BCUT2D eigenvalue weighted by molar-refractivity contribution is 0.247. The molecule has 4 aromatic rings. The summed E-state index contributed by atoms with van der Waals surface area (Å²) < 4.78 is 30.0. The minimum Gasteiger partial charge on any atom is -0.334 e. The molecule has 0 unspecified atom stereocenters. The maximum atomic E-state index is 12.9. The largest absolute Gasteiger partial charge is 0.334 e. The zero-order valence-electron chi connectivity index (χ0n) is 20.1. The van der Waals surface area contributed by atoms with E-state index >= 15 is 0 Å². The standard InChI is InChI=1S/C27H29N5O3S/c1-3-5-12-25-30-23-10-8-18-28-26(23)32(25)19-20-13-15-21(16-14-20)22-9-6-7-11-24(22)36(34,35)31-27(33)29-17-4-2/h4,6-11,13-16,18H,2-3,5,12,17,19H2,1H3,(H2,29,31,33). The quantitative estimate of drug-likeness (QED) is 0.306. The van der Waals surface area contributed by atoms with Crippen LogP contribution in [0.5, 0.6) is 0 Å². The van der Waals surface area contributed by atoms with Gasteiger partial charge in [-0.05, 0) is 35.7 Å². The van der Waals surface area contributed by atoms with Crippen LogP contribution in [0.1, 0.15) is 31.2 Å². The number of hydrogen-bond acceptors (Lipinski definition) is 5. The summed E-state index contributed by atoms with van der Waals surface area (Å²) in [5.74, 6) is 1.01. The van der Waals surface area contributed by atoms with Gasteiger partial charge in [-0.3, -0.25) is 0 Å². The molecule has 0 aliphatic carbocycles. The Morgan fingerprint density at radius 2 is 1.86 bits per heavy atom. The molecule has 2 N–H and O–H groups in total. The van der Waals surface area contributed by atoms with Gasteiger partial charge in [0.2, 0.25) is 0 Å².